The van der Waals surface area contributed by atoms with E-state index in [0.29, 0.717) is 30.3 Å². The molecule has 1 aliphatic carbocycles. The number of nitrogens with one attached hydrogen (secondary N) is 1. The van der Waals surface area contributed by atoms with E-state index in [0.717, 1.165) is 12.4 Å². The van der Waals surface area contributed by atoms with Crippen molar-refractivity contribution in [2.45, 2.75) is 52.6 Å². The van der Waals surface area contributed by atoms with Gasteiger partial charge in [-0.05, 0) is 25.2 Å². The number of rotatable bonds is 6. The van der Waals surface area contributed by atoms with Crippen LogP contribution in [0.4, 0.5) is 11.6 Å². The number of nitrogens with two attached hydrogens (primary N) is 1. The van der Waals surface area contributed by atoms with Crippen molar-refractivity contribution in [3.63, 3.8) is 0 Å². The Morgan fingerprint density at radius 3 is 2.75 bits per heavy atom. The Bertz CT molecular complexity index is 430. The Hall–Kier alpha value is -1.36. The minimum atomic E-state index is 0.373. The molecule has 0 bridgehead atoms. The first kappa shape index (κ1) is 15.0. The van der Waals surface area contributed by atoms with Gasteiger partial charge in [0.15, 0.2) is 5.82 Å². The molecule has 2 rings (SSSR count). The van der Waals surface area contributed by atoms with Crippen LogP contribution in [0.15, 0.2) is 6.07 Å². The normalized spacial score (nSPS) is 17.9. The first-order chi connectivity index (χ1) is 9.61. The molecule has 5 nitrogen and oxygen atoms in total. The van der Waals surface area contributed by atoms with E-state index in [1.165, 1.54) is 32.1 Å². The number of nitrogens with zero attached hydrogens (tertiary/aromatic N) is 2. The van der Waals surface area contributed by atoms with Crippen molar-refractivity contribution in [2.24, 2.45) is 5.41 Å². The first-order valence-electron chi connectivity index (χ1n) is 7.56. The van der Waals surface area contributed by atoms with Crippen molar-refractivity contribution in [2.75, 3.05) is 24.2 Å². The quantitative estimate of drug-likeness (QED) is 0.837. The van der Waals surface area contributed by atoms with Gasteiger partial charge in [0.2, 0.25) is 0 Å². The second-order valence-corrected chi connectivity index (χ2v) is 5.96. The van der Waals surface area contributed by atoms with E-state index in [2.05, 4.69) is 22.2 Å². The van der Waals surface area contributed by atoms with Crippen molar-refractivity contribution >= 4 is 11.6 Å². The van der Waals surface area contributed by atoms with Gasteiger partial charge in [0.1, 0.15) is 18.2 Å². The molecule has 1 aliphatic rings. The molecule has 5 heteroatoms. The highest BCUT2D eigenvalue weighted by Crippen LogP contribution is 2.35. The number of ether oxygens (including phenoxy) is 1. The van der Waals surface area contributed by atoms with Crippen molar-refractivity contribution in [3.05, 3.63) is 11.9 Å². The third kappa shape index (κ3) is 4.34. The SMILES string of the molecule is CCOCc1nc(N)cc(NCC2(C)CCCCC2)n1. The van der Waals surface area contributed by atoms with Crippen LogP contribution in [0.25, 0.3) is 0 Å². The van der Waals surface area contributed by atoms with Gasteiger partial charge in [-0.3, -0.25) is 0 Å². The predicted molar refractivity (Wildman–Crippen MR) is 81.5 cm³/mol. The molecule has 0 atom stereocenters. The Morgan fingerprint density at radius 1 is 1.30 bits per heavy atom. The largest absolute Gasteiger partial charge is 0.384 e. The van der Waals surface area contributed by atoms with Crippen molar-refractivity contribution < 1.29 is 4.74 Å². The van der Waals surface area contributed by atoms with Crippen LogP contribution in [0, 0.1) is 5.41 Å². The van der Waals surface area contributed by atoms with Crippen LogP contribution in [0.1, 0.15) is 51.8 Å². The smallest absolute Gasteiger partial charge is 0.158 e. The fourth-order valence-electron chi connectivity index (χ4n) is 2.75. The molecule has 0 aromatic carbocycles. The summed E-state index contributed by atoms with van der Waals surface area (Å²) in [7, 11) is 0. The van der Waals surface area contributed by atoms with E-state index in [1.807, 2.05) is 6.92 Å². The van der Waals surface area contributed by atoms with E-state index in [1.54, 1.807) is 6.07 Å². The highest BCUT2D eigenvalue weighted by molar-refractivity contribution is 5.44. The molecule has 0 unspecified atom stereocenters. The molecular formula is C15H26N4O. The molecule has 0 radical (unpaired) electrons. The van der Waals surface area contributed by atoms with Gasteiger partial charge in [-0.1, -0.05) is 26.2 Å². The summed E-state index contributed by atoms with van der Waals surface area (Å²) in [6.07, 6.45) is 6.60. The summed E-state index contributed by atoms with van der Waals surface area (Å²) in [5.41, 5.74) is 6.20. The topological polar surface area (TPSA) is 73.1 Å². The molecule has 0 spiro atoms. The summed E-state index contributed by atoms with van der Waals surface area (Å²) in [4.78, 5) is 8.64. The maximum Gasteiger partial charge on any atom is 0.158 e. The maximum absolute atomic E-state index is 5.83. The molecule has 0 amide bonds. The van der Waals surface area contributed by atoms with Gasteiger partial charge in [-0.25, -0.2) is 9.97 Å². The Balaban J connectivity index is 1.96. The van der Waals surface area contributed by atoms with Gasteiger partial charge >= 0.3 is 0 Å². The van der Waals surface area contributed by atoms with Crippen molar-refractivity contribution in [3.8, 4) is 0 Å². The van der Waals surface area contributed by atoms with Gasteiger partial charge in [-0.2, -0.15) is 0 Å². The minimum Gasteiger partial charge on any atom is -0.384 e. The summed E-state index contributed by atoms with van der Waals surface area (Å²) < 4.78 is 5.34. The number of hydrogen-bond donors (Lipinski definition) is 2. The average molecular weight is 278 g/mol. The zero-order valence-electron chi connectivity index (χ0n) is 12.6. The lowest BCUT2D eigenvalue weighted by atomic mass is 9.76. The molecule has 1 fully saturated rings. The standard InChI is InChI=1S/C15H26N4O/c1-3-20-10-14-18-12(16)9-13(19-14)17-11-15(2)7-5-4-6-8-15/h9H,3-8,10-11H2,1-2H3,(H3,16,17,18,19). The molecule has 3 N–H and O–H groups in total. The third-order valence-electron chi connectivity index (χ3n) is 3.98. The Morgan fingerprint density at radius 2 is 2.05 bits per heavy atom. The molecule has 0 aliphatic heterocycles. The van der Waals surface area contributed by atoms with Gasteiger partial charge in [0.25, 0.3) is 0 Å². The zero-order valence-corrected chi connectivity index (χ0v) is 12.6. The highest BCUT2D eigenvalue weighted by Gasteiger charge is 2.26. The number of hydrogen-bond acceptors (Lipinski definition) is 5. The lowest BCUT2D eigenvalue weighted by Gasteiger charge is -2.33. The summed E-state index contributed by atoms with van der Waals surface area (Å²) in [5, 5.41) is 3.43. The molecule has 1 aromatic heterocycles. The van der Waals surface area contributed by atoms with E-state index < -0.39 is 0 Å². The monoisotopic (exact) mass is 278 g/mol. The fourth-order valence-corrected chi connectivity index (χ4v) is 2.75. The maximum atomic E-state index is 5.83. The predicted octanol–water partition coefficient (Wildman–Crippen LogP) is 2.98. The van der Waals surface area contributed by atoms with Gasteiger partial charge in [0.05, 0.1) is 0 Å². The van der Waals surface area contributed by atoms with Gasteiger partial charge in [0, 0.05) is 19.2 Å². The summed E-state index contributed by atoms with van der Waals surface area (Å²) in [5.74, 6) is 1.94. The average Bonchev–Trinajstić information content (AvgIpc) is 2.43. The molecule has 1 saturated carbocycles. The summed E-state index contributed by atoms with van der Waals surface area (Å²) in [6.45, 7) is 6.31. The summed E-state index contributed by atoms with van der Waals surface area (Å²) in [6, 6.07) is 1.79. The molecular weight excluding hydrogens is 252 g/mol. The van der Waals surface area contributed by atoms with Crippen LogP contribution in [-0.4, -0.2) is 23.1 Å². The molecule has 20 heavy (non-hydrogen) atoms. The summed E-state index contributed by atoms with van der Waals surface area (Å²) >= 11 is 0. The van der Waals surface area contributed by atoms with Crippen LogP contribution in [-0.2, 0) is 11.3 Å². The highest BCUT2D eigenvalue weighted by atomic mass is 16.5. The number of anilines is 2. The Labute approximate surface area is 121 Å². The first-order valence-corrected chi connectivity index (χ1v) is 7.56. The lowest BCUT2D eigenvalue weighted by molar-refractivity contribution is 0.128. The van der Waals surface area contributed by atoms with Crippen LogP contribution in [0.2, 0.25) is 0 Å². The van der Waals surface area contributed by atoms with E-state index in [-0.39, 0.29) is 0 Å². The zero-order chi connectivity index (χ0) is 14.4. The van der Waals surface area contributed by atoms with Crippen LogP contribution < -0.4 is 11.1 Å². The molecule has 1 aromatic rings. The lowest BCUT2D eigenvalue weighted by Crippen LogP contribution is -2.29. The number of nitrogen functional groups attached to an aromatic ring is 1. The third-order valence-corrected chi connectivity index (χ3v) is 3.98. The molecule has 0 saturated heterocycles. The second kappa shape index (κ2) is 6.88. The van der Waals surface area contributed by atoms with Crippen molar-refractivity contribution in [1.29, 1.82) is 0 Å². The van der Waals surface area contributed by atoms with Gasteiger partial charge in [-0.15, -0.1) is 0 Å². The van der Waals surface area contributed by atoms with Crippen molar-refractivity contribution in [1.82, 2.24) is 9.97 Å². The van der Waals surface area contributed by atoms with Crippen LogP contribution in [0.5, 0.6) is 0 Å². The second-order valence-electron chi connectivity index (χ2n) is 5.96. The molecule has 112 valence electrons. The fraction of sp³-hybridized carbons (Fsp3) is 0.733. The van der Waals surface area contributed by atoms with E-state index in [4.69, 9.17) is 10.5 Å². The van der Waals surface area contributed by atoms with Gasteiger partial charge < -0.3 is 15.8 Å². The number of aromatic nitrogens is 2. The van der Waals surface area contributed by atoms with Crippen LogP contribution in [0.3, 0.4) is 0 Å². The molecule has 1 heterocycles. The minimum absolute atomic E-state index is 0.373. The van der Waals surface area contributed by atoms with Crippen LogP contribution >= 0.6 is 0 Å². The van der Waals surface area contributed by atoms with E-state index >= 15 is 0 Å². The van der Waals surface area contributed by atoms with E-state index in [9.17, 15) is 0 Å². The Kier molecular flexibility index (Phi) is 5.17.